The van der Waals surface area contributed by atoms with Gasteiger partial charge in [0.15, 0.2) is 5.22 Å². The van der Waals surface area contributed by atoms with E-state index in [1.165, 1.54) is 6.07 Å². The summed E-state index contributed by atoms with van der Waals surface area (Å²) in [6.45, 7) is 2.96. The van der Waals surface area contributed by atoms with Crippen LogP contribution in [0.3, 0.4) is 0 Å². The molecule has 0 bridgehead atoms. The zero-order valence-electron chi connectivity index (χ0n) is 11.1. The Morgan fingerprint density at radius 3 is 2.70 bits per heavy atom. The SMILES string of the molecule is CCCNC(Cc1ccc(F)c(Cl)c1)c1ccoc1Cl. The lowest BCUT2D eigenvalue weighted by Crippen LogP contribution is -2.24. The smallest absolute Gasteiger partial charge is 0.197 e. The average Bonchev–Trinajstić information content (AvgIpc) is 2.85. The Morgan fingerprint density at radius 1 is 1.30 bits per heavy atom. The van der Waals surface area contributed by atoms with Crippen molar-refractivity contribution in [3.05, 3.63) is 57.7 Å². The number of nitrogens with one attached hydrogen (secondary N) is 1. The molecule has 1 aromatic heterocycles. The largest absolute Gasteiger partial charge is 0.453 e. The highest BCUT2D eigenvalue weighted by molar-refractivity contribution is 6.30. The van der Waals surface area contributed by atoms with Crippen LogP contribution in [-0.4, -0.2) is 6.54 Å². The van der Waals surface area contributed by atoms with Crippen molar-refractivity contribution in [2.24, 2.45) is 0 Å². The second-order valence-corrected chi connectivity index (χ2v) is 5.36. The Morgan fingerprint density at radius 2 is 2.10 bits per heavy atom. The number of rotatable bonds is 6. The van der Waals surface area contributed by atoms with E-state index in [9.17, 15) is 4.39 Å². The zero-order chi connectivity index (χ0) is 14.5. The molecule has 2 rings (SSSR count). The molecule has 0 amide bonds. The van der Waals surface area contributed by atoms with Crippen LogP contribution in [0.4, 0.5) is 4.39 Å². The summed E-state index contributed by atoms with van der Waals surface area (Å²) >= 11 is 11.9. The summed E-state index contributed by atoms with van der Waals surface area (Å²) in [5.41, 5.74) is 1.85. The van der Waals surface area contributed by atoms with Crippen LogP contribution in [-0.2, 0) is 6.42 Å². The van der Waals surface area contributed by atoms with Crippen LogP contribution in [0, 0.1) is 5.82 Å². The topological polar surface area (TPSA) is 25.2 Å². The van der Waals surface area contributed by atoms with Crippen LogP contribution in [0.25, 0.3) is 0 Å². The van der Waals surface area contributed by atoms with E-state index in [4.69, 9.17) is 27.6 Å². The number of benzene rings is 1. The van der Waals surface area contributed by atoms with Gasteiger partial charge < -0.3 is 9.73 Å². The molecule has 1 N–H and O–H groups in total. The molecule has 0 radical (unpaired) electrons. The highest BCUT2D eigenvalue weighted by Gasteiger charge is 2.17. The van der Waals surface area contributed by atoms with E-state index in [1.807, 2.05) is 6.07 Å². The first-order valence-electron chi connectivity index (χ1n) is 6.52. The van der Waals surface area contributed by atoms with Gasteiger partial charge in [-0.2, -0.15) is 0 Å². The molecule has 1 heterocycles. The van der Waals surface area contributed by atoms with Crippen LogP contribution in [0.1, 0.15) is 30.5 Å². The van der Waals surface area contributed by atoms with Crippen molar-refractivity contribution in [2.75, 3.05) is 6.54 Å². The maximum absolute atomic E-state index is 13.2. The molecule has 0 aliphatic carbocycles. The van der Waals surface area contributed by atoms with Crippen molar-refractivity contribution in [1.29, 1.82) is 0 Å². The van der Waals surface area contributed by atoms with Gasteiger partial charge in [-0.05, 0) is 54.7 Å². The molecular weight excluding hydrogens is 300 g/mol. The second kappa shape index (κ2) is 7.11. The Hall–Kier alpha value is -1.03. The van der Waals surface area contributed by atoms with Crippen molar-refractivity contribution in [2.45, 2.75) is 25.8 Å². The molecule has 0 fully saturated rings. The fraction of sp³-hybridized carbons (Fsp3) is 0.333. The van der Waals surface area contributed by atoms with Gasteiger partial charge in [0.05, 0.1) is 11.3 Å². The molecule has 0 aliphatic rings. The van der Waals surface area contributed by atoms with E-state index in [1.54, 1.807) is 18.4 Å². The number of hydrogen-bond donors (Lipinski definition) is 1. The minimum absolute atomic E-state index is 0.0164. The van der Waals surface area contributed by atoms with Gasteiger partial charge in [0.1, 0.15) is 5.82 Å². The van der Waals surface area contributed by atoms with Crippen LogP contribution in [0.5, 0.6) is 0 Å². The van der Waals surface area contributed by atoms with E-state index in [0.717, 1.165) is 24.1 Å². The van der Waals surface area contributed by atoms with Crippen LogP contribution >= 0.6 is 23.2 Å². The molecule has 0 aliphatic heterocycles. The molecule has 1 atom stereocenters. The summed E-state index contributed by atoms with van der Waals surface area (Å²) in [6, 6.07) is 6.62. The lowest BCUT2D eigenvalue weighted by Gasteiger charge is -2.18. The average molecular weight is 316 g/mol. The van der Waals surface area contributed by atoms with E-state index in [0.29, 0.717) is 11.6 Å². The highest BCUT2D eigenvalue weighted by Crippen LogP contribution is 2.28. The number of halogens is 3. The normalized spacial score (nSPS) is 12.6. The predicted octanol–water partition coefficient (Wildman–Crippen LogP) is 5.01. The summed E-state index contributed by atoms with van der Waals surface area (Å²) in [6.07, 6.45) is 3.24. The maximum Gasteiger partial charge on any atom is 0.197 e. The fourth-order valence-electron chi connectivity index (χ4n) is 2.07. The van der Waals surface area contributed by atoms with E-state index in [2.05, 4.69) is 12.2 Å². The molecule has 20 heavy (non-hydrogen) atoms. The Kier molecular flexibility index (Phi) is 5.46. The van der Waals surface area contributed by atoms with Crippen molar-refractivity contribution in [3.63, 3.8) is 0 Å². The minimum Gasteiger partial charge on any atom is -0.453 e. The third-order valence-electron chi connectivity index (χ3n) is 3.09. The quantitative estimate of drug-likeness (QED) is 0.810. The molecule has 2 aromatic rings. The molecule has 5 heteroatoms. The first-order valence-corrected chi connectivity index (χ1v) is 7.27. The third-order valence-corrected chi connectivity index (χ3v) is 3.68. The van der Waals surface area contributed by atoms with Gasteiger partial charge >= 0.3 is 0 Å². The standard InChI is InChI=1S/C15H16Cl2FNO/c1-2-6-19-14(11-5-7-20-15(11)17)9-10-3-4-13(18)12(16)8-10/h3-5,7-8,14,19H,2,6,9H2,1H3. The fourth-order valence-corrected chi connectivity index (χ4v) is 2.52. The number of hydrogen-bond acceptors (Lipinski definition) is 2. The van der Waals surface area contributed by atoms with Crippen molar-refractivity contribution in [3.8, 4) is 0 Å². The second-order valence-electron chi connectivity index (χ2n) is 4.61. The van der Waals surface area contributed by atoms with Crippen molar-refractivity contribution < 1.29 is 8.81 Å². The van der Waals surface area contributed by atoms with Gasteiger partial charge in [-0.3, -0.25) is 0 Å². The van der Waals surface area contributed by atoms with Crippen LogP contribution in [0.2, 0.25) is 10.2 Å². The summed E-state index contributed by atoms with van der Waals surface area (Å²) in [7, 11) is 0. The maximum atomic E-state index is 13.2. The Balaban J connectivity index is 2.19. The minimum atomic E-state index is -0.408. The molecule has 0 saturated heterocycles. The van der Waals surface area contributed by atoms with Crippen LogP contribution < -0.4 is 5.32 Å². The first kappa shape index (κ1) is 15.4. The van der Waals surface area contributed by atoms with Gasteiger partial charge in [-0.15, -0.1) is 0 Å². The first-order chi connectivity index (χ1) is 9.61. The van der Waals surface area contributed by atoms with E-state index >= 15 is 0 Å². The van der Waals surface area contributed by atoms with Crippen molar-refractivity contribution in [1.82, 2.24) is 5.32 Å². The molecule has 0 spiro atoms. The van der Waals surface area contributed by atoms with E-state index < -0.39 is 5.82 Å². The monoisotopic (exact) mass is 315 g/mol. The number of furan rings is 1. The Bertz CT molecular complexity index is 571. The predicted molar refractivity (Wildman–Crippen MR) is 79.9 cm³/mol. The zero-order valence-corrected chi connectivity index (χ0v) is 12.6. The van der Waals surface area contributed by atoms with Gasteiger partial charge in [-0.1, -0.05) is 24.6 Å². The van der Waals surface area contributed by atoms with Gasteiger partial charge in [0.2, 0.25) is 0 Å². The lowest BCUT2D eigenvalue weighted by atomic mass is 10.0. The summed E-state index contributed by atoms with van der Waals surface area (Å²) < 4.78 is 18.3. The summed E-state index contributed by atoms with van der Waals surface area (Å²) in [4.78, 5) is 0. The summed E-state index contributed by atoms with van der Waals surface area (Å²) in [5.74, 6) is -0.408. The Labute approximate surface area is 127 Å². The molecule has 2 nitrogen and oxygen atoms in total. The lowest BCUT2D eigenvalue weighted by molar-refractivity contribution is 0.513. The molecular formula is C15H16Cl2FNO. The summed E-state index contributed by atoms with van der Waals surface area (Å²) in [5, 5.41) is 3.93. The van der Waals surface area contributed by atoms with Crippen LogP contribution in [0.15, 0.2) is 34.9 Å². The molecule has 108 valence electrons. The van der Waals surface area contributed by atoms with Gasteiger partial charge in [-0.25, -0.2) is 4.39 Å². The highest BCUT2D eigenvalue weighted by atomic mass is 35.5. The third kappa shape index (κ3) is 3.75. The van der Waals surface area contributed by atoms with Gasteiger partial charge in [0.25, 0.3) is 0 Å². The van der Waals surface area contributed by atoms with Crippen molar-refractivity contribution >= 4 is 23.2 Å². The molecule has 0 saturated carbocycles. The van der Waals surface area contributed by atoms with E-state index in [-0.39, 0.29) is 11.1 Å². The molecule has 1 aromatic carbocycles. The molecule has 1 unspecified atom stereocenters. The van der Waals surface area contributed by atoms with Gasteiger partial charge in [0, 0.05) is 11.6 Å².